The van der Waals surface area contributed by atoms with Gasteiger partial charge in [0.2, 0.25) is 0 Å². The van der Waals surface area contributed by atoms with E-state index in [0.717, 1.165) is 64.5 Å². The lowest BCUT2D eigenvalue weighted by molar-refractivity contribution is 0.0586. The van der Waals surface area contributed by atoms with Crippen LogP contribution < -0.4 is 5.73 Å². The van der Waals surface area contributed by atoms with Crippen LogP contribution in [0.25, 0.3) is 0 Å². The number of rotatable bonds is 18. The predicted octanol–water partition coefficient (Wildman–Crippen LogP) is 4.89. The van der Waals surface area contributed by atoms with Gasteiger partial charge < -0.3 is 19.0 Å². The van der Waals surface area contributed by atoms with Gasteiger partial charge in [-0.15, -0.1) is 0 Å². The van der Waals surface area contributed by atoms with Crippen LogP contribution in [0.4, 0.5) is 0 Å². The Morgan fingerprint density at radius 2 is 1.00 bits per heavy atom. The maximum atomic E-state index is 6.12. The highest BCUT2D eigenvalue weighted by Gasteiger charge is 2.40. The van der Waals surface area contributed by atoms with Gasteiger partial charge in [0, 0.05) is 25.9 Å². The fourth-order valence-corrected chi connectivity index (χ4v) is 5.40. The fourth-order valence-electron chi connectivity index (χ4n) is 2.48. The zero-order valence-electron chi connectivity index (χ0n) is 15.9. The van der Waals surface area contributed by atoms with Gasteiger partial charge in [0.25, 0.3) is 0 Å². The highest BCUT2D eigenvalue weighted by Crippen LogP contribution is 2.21. The molecule has 4 nitrogen and oxygen atoms in total. The Morgan fingerprint density at radius 1 is 0.609 bits per heavy atom. The van der Waals surface area contributed by atoms with Crippen LogP contribution in [0.1, 0.15) is 85.0 Å². The molecule has 0 aromatic rings. The molecule has 0 rings (SSSR count). The predicted molar refractivity (Wildman–Crippen MR) is 101 cm³/mol. The summed E-state index contributed by atoms with van der Waals surface area (Å²) in [4.78, 5) is 0. The van der Waals surface area contributed by atoms with Gasteiger partial charge >= 0.3 is 8.80 Å². The van der Waals surface area contributed by atoms with Crippen LogP contribution in [0, 0.1) is 0 Å². The maximum Gasteiger partial charge on any atom is 0.500 e. The molecule has 0 unspecified atom stereocenters. The van der Waals surface area contributed by atoms with Crippen molar-refractivity contribution < 1.29 is 13.3 Å². The van der Waals surface area contributed by atoms with Crippen molar-refractivity contribution in [1.29, 1.82) is 0 Å². The van der Waals surface area contributed by atoms with Gasteiger partial charge in [-0.05, 0) is 38.6 Å². The van der Waals surface area contributed by atoms with Gasteiger partial charge in [-0.2, -0.15) is 0 Å². The van der Waals surface area contributed by atoms with Crippen LogP contribution in [0.3, 0.4) is 0 Å². The number of unbranched alkanes of at least 4 members (excludes halogenated alkanes) is 6. The lowest BCUT2D eigenvalue weighted by Crippen LogP contribution is -2.46. The summed E-state index contributed by atoms with van der Waals surface area (Å²) in [5.74, 6) is 0. The Hall–Kier alpha value is 0.0569. The van der Waals surface area contributed by atoms with E-state index in [1.54, 1.807) is 0 Å². The molecule has 0 fully saturated rings. The minimum absolute atomic E-state index is 0.749. The average molecular weight is 348 g/mol. The second-order valence-electron chi connectivity index (χ2n) is 6.24. The number of hydrogen-bond donors (Lipinski definition) is 1. The number of hydrogen-bond acceptors (Lipinski definition) is 4. The molecule has 0 saturated heterocycles. The van der Waals surface area contributed by atoms with Gasteiger partial charge in [-0.3, -0.25) is 0 Å². The molecule has 2 N–H and O–H groups in total. The molecule has 0 atom stereocenters. The summed E-state index contributed by atoms with van der Waals surface area (Å²) < 4.78 is 18.4. The summed E-state index contributed by atoms with van der Waals surface area (Å²) in [7, 11) is -2.46. The van der Waals surface area contributed by atoms with Crippen LogP contribution in [0.5, 0.6) is 0 Å². The Balaban J connectivity index is 4.14. The van der Waals surface area contributed by atoms with Gasteiger partial charge in [0.1, 0.15) is 0 Å². The van der Waals surface area contributed by atoms with Crippen molar-refractivity contribution in [2.75, 3.05) is 26.4 Å². The molecule has 0 spiro atoms. The smallest absolute Gasteiger partial charge is 0.373 e. The normalized spacial score (nSPS) is 12.0. The summed E-state index contributed by atoms with van der Waals surface area (Å²) in [5.41, 5.74) is 5.52. The molecule has 23 heavy (non-hydrogen) atoms. The van der Waals surface area contributed by atoms with Crippen molar-refractivity contribution in [2.24, 2.45) is 5.73 Å². The average Bonchev–Trinajstić information content (AvgIpc) is 2.58. The van der Waals surface area contributed by atoms with Gasteiger partial charge in [-0.1, -0.05) is 52.9 Å². The zero-order chi connectivity index (χ0) is 17.2. The lowest BCUT2D eigenvalue weighted by atomic mass is 10.1. The highest BCUT2D eigenvalue weighted by molar-refractivity contribution is 6.60. The molecule has 140 valence electrons. The van der Waals surface area contributed by atoms with E-state index in [1.807, 2.05) is 0 Å². The molecule has 0 heterocycles. The molecule has 0 aromatic carbocycles. The van der Waals surface area contributed by atoms with Gasteiger partial charge in [-0.25, -0.2) is 0 Å². The van der Waals surface area contributed by atoms with Crippen LogP contribution >= 0.6 is 0 Å². The van der Waals surface area contributed by atoms with Crippen molar-refractivity contribution in [2.45, 2.75) is 91.0 Å². The van der Waals surface area contributed by atoms with Crippen LogP contribution in [-0.2, 0) is 13.3 Å². The molecular weight excluding hydrogens is 306 g/mol. The van der Waals surface area contributed by atoms with Crippen LogP contribution in [0.15, 0.2) is 0 Å². The Morgan fingerprint density at radius 3 is 1.39 bits per heavy atom. The summed E-state index contributed by atoms with van der Waals surface area (Å²) in [5, 5.41) is 0. The highest BCUT2D eigenvalue weighted by atomic mass is 28.4. The van der Waals surface area contributed by atoms with E-state index in [2.05, 4.69) is 20.8 Å². The van der Waals surface area contributed by atoms with Crippen molar-refractivity contribution >= 4 is 8.80 Å². The third-order valence-corrected chi connectivity index (χ3v) is 6.66. The SMILES string of the molecule is CCCO[Si](CCCCCCCCCN)(OCCC)OCCC. The molecule has 0 aliphatic rings. The Bertz CT molecular complexity index is 221. The van der Waals surface area contributed by atoms with Crippen molar-refractivity contribution in [3.63, 3.8) is 0 Å². The molecular formula is C18H41NO3Si. The van der Waals surface area contributed by atoms with E-state index in [-0.39, 0.29) is 0 Å². The minimum Gasteiger partial charge on any atom is -0.373 e. The topological polar surface area (TPSA) is 53.7 Å². The second-order valence-corrected chi connectivity index (χ2v) is 8.97. The van der Waals surface area contributed by atoms with Crippen molar-refractivity contribution in [3.8, 4) is 0 Å². The van der Waals surface area contributed by atoms with E-state index in [4.69, 9.17) is 19.0 Å². The van der Waals surface area contributed by atoms with Crippen LogP contribution in [-0.4, -0.2) is 35.2 Å². The Labute approximate surface area is 145 Å². The summed E-state index contributed by atoms with van der Waals surface area (Å²) in [6.07, 6.45) is 11.8. The molecule has 0 aliphatic carbocycles. The second kappa shape index (κ2) is 16.9. The van der Waals surface area contributed by atoms with E-state index in [1.165, 1.54) is 32.1 Å². The monoisotopic (exact) mass is 347 g/mol. The van der Waals surface area contributed by atoms with Crippen molar-refractivity contribution in [1.82, 2.24) is 0 Å². The zero-order valence-corrected chi connectivity index (χ0v) is 16.9. The lowest BCUT2D eigenvalue weighted by Gasteiger charge is -2.29. The Kier molecular flexibility index (Phi) is 16.9. The molecule has 0 aliphatic heterocycles. The molecule has 0 bridgehead atoms. The third-order valence-electron chi connectivity index (χ3n) is 3.77. The summed E-state index contributed by atoms with van der Waals surface area (Å²) in [6.45, 7) is 9.49. The summed E-state index contributed by atoms with van der Waals surface area (Å²) >= 11 is 0. The first-order chi connectivity index (χ1) is 11.2. The first-order valence-electron chi connectivity index (χ1n) is 9.86. The minimum atomic E-state index is -2.46. The molecule has 0 aromatic heterocycles. The molecule has 0 saturated carbocycles. The summed E-state index contributed by atoms with van der Waals surface area (Å²) in [6, 6.07) is 0.968. The molecule has 0 radical (unpaired) electrons. The van der Waals surface area contributed by atoms with Crippen LogP contribution in [0.2, 0.25) is 6.04 Å². The largest absolute Gasteiger partial charge is 0.500 e. The maximum absolute atomic E-state index is 6.12. The quantitative estimate of drug-likeness (QED) is 0.283. The standard InChI is InChI=1S/C18H41NO3Si/c1-4-15-20-23(21-16-5-2,22-17-6-3)18-13-11-9-7-8-10-12-14-19/h4-19H2,1-3H3. The third kappa shape index (κ3) is 13.1. The first kappa shape index (κ1) is 23.1. The van der Waals surface area contributed by atoms with E-state index < -0.39 is 8.80 Å². The number of nitrogens with two attached hydrogens (primary N) is 1. The first-order valence-corrected chi connectivity index (χ1v) is 11.8. The van der Waals surface area contributed by atoms with E-state index in [9.17, 15) is 0 Å². The van der Waals surface area contributed by atoms with Gasteiger partial charge in [0.05, 0.1) is 0 Å². The van der Waals surface area contributed by atoms with E-state index in [0.29, 0.717) is 0 Å². The van der Waals surface area contributed by atoms with E-state index >= 15 is 0 Å². The van der Waals surface area contributed by atoms with Crippen molar-refractivity contribution in [3.05, 3.63) is 0 Å². The fraction of sp³-hybridized carbons (Fsp3) is 1.00. The molecule has 0 amide bonds. The molecule has 5 heteroatoms. The van der Waals surface area contributed by atoms with Gasteiger partial charge in [0.15, 0.2) is 0 Å².